The lowest BCUT2D eigenvalue weighted by atomic mass is 9.61. The summed E-state index contributed by atoms with van der Waals surface area (Å²) in [7, 11) is 0. The van der Waals surface area contributed by atoms with Gasteiger partial charge in [0.05, 0.1) is 0 Å². The Balaban J connectivity index is 1.93. The van der Waals surface area contributed by atoms with E-state index in [1.807, 2.05) is 0 Å². The van der Waals surface area contributed by atoms with E-state index in [2.05, 4.69) is 49.5 Å². The Kier molecular flexibility index (Phi) is 3.98. The van der Waals surface area contributed by atoms with Crippen LogP contribution < -0.4 is 0 Å². The molecule has 0 aromatic heterocycles. The van der Waals surface area contributed by atoms with Gasteiger partial charge < -0.3 is 5.11 Å². The highest BCUT2D eigenvalue weighted by Gasteiger charge is 2.47. The van der Waals surface area contributed by atoms with Crippen LogP contribution in [0.15, 0.2) is 48.1 Å². The third-order valence-electron chi connectivity index (χ3n) is 5.88. The van der Waals surface area contributed by atoms with Gasteiger partial charge in [0.25, 0.3) is 0 Å². The number of rotatable bonds is 5. The summed E-state index contributed by atoms with van der Waals surface area (Å²) in [6, 6.07) is 0. The number of aliphatic hydroxyl groups excluding tert-OH is 1. The summed E-state index contributed by atoms with van der Waals surface area (Å²) in [4.78, 5) is 0. The fraction of sp³-hybridized carbons (Fsp3) is 0.579. The van der Waals surface area contributed by atoms with Crippen LogP contribution in [0.1, 0.15) is 39.0 Å². The van der Waals surface area contributed by atoms with Gasteiger partial charge >= 0.3 is 0 Å². The second-order valence-electron chi connectivity index (χ2n) is 6.50. The zero-order chi connectivity index (χ0) is 14.0. The zero-order valence-electron chi connectivity index (χ0n) is 12.5. The predicted octanol–water partition coefficient (Wildman–Crippen LogP) is 4.42. The summed E-state index contributed by atoms with van der Waals surface area (Å²) in [6.45, 7) is 2.61. The molecule has 1 N–H and O–H groups in total. The maximum absolute atomic E-state index is 9.67. The van der Waals surface area contributed by atoms with Crippen molar-refractivity contribution in [3.05, 3.63) is 48.1 Å². The third kappa shape index (κ3) is 2.13. The van der Waals surface area contributed by atoms with Gasteiger partial charge in [-0.05, 0) is 55.3 Å². The Morgan fingerprint density at radius 1 is 1.20 bits per heavy atom. The lowest BCUT2D eigenvalue weighted by Gasteiger charge is -2.43. The molecule has 1 saturated carbocycles. The van der Waals surface area contributed by atoms with Crippen LogP contribution in [0.4, 0.5) is 0 Å². The first kappa shape index (κ1) is 13.9. The van der Waals surface area contributed by atoms with Crippen LogP contribution in [0.2, 0.25) is 0 Å². The molecule has 0 aromatic carbocycles. The molecular formula is C19H26O. The minimum atomic E-state index is 0.202. The fourth-order valence-electron chi connectivity index (χ4n) is 4.87. The molecule has 4 atom stereocenters. The van der Waals surface area contributed by atoms with E-state index in [0.29, 0.717) is 18.4 Å². The van der Waals surface area contributed by atoms with Crippen molar-refractivity contribution in [2.45, 2.75) is 39.0 Å². The molecular weight excluding hydrogens is 244 g/mol. The molecule has 0 amide bonds. The Bertz CT molecular complexity index is 468. The van der Waals surface area contributed by atoms with Crippen molar-refractivity contribution in [1.82, 2.24) is 0 Å². The van der Waals surface area contributed by atoms with E-state index < -0.39 is 0 Å². The van der Waals surface area contributed by atoms with Gasteiger partial charge in [-0.3, -0.25) is 0 Å². The van der Waals surface area contributed by atoms with Gasteiger partial charge in [0, 0.05) is 6.61 Å². The van der Waals surface area contributed by atoms with Crippen molar-refractivity contribution in [1.29, 1.82) is 0 Å². The summed E-state index contributed by atoms with van der Waals surface area (Å²) in [6.07, 6.45) is 21.8. The monoisotopic (exact) mass is 270 g/mol. The first-order valence-corrected chi connectivity index (χ1v) is 8.14. The van der Waals surface area contributed by atoms with Crippen molar-refractivity contribution in [2.75, 3.05) is 6.61 Å². The maximum atomic E-state index is 9.67. The van der Waals surface area contributed by atoms with E-state index in [0.717, 1.165) is 25.2 Å². The van der Waals surface area contributed by atoms with E-state index in [1.165, 1.54) is 12.8 Å². The first-order chi connectivity index (χ1) is 9.81. The molecule has 0 heterocycles. The fourth-order valence-corrected chi connectivity index (χ4v) is 4.87. The second kappa shape index (κ2) is 5.73. The van der Waals surface area contributed by atoms with Crippen LogP contribution in [0.5, 0.6) is 0 Å². The number of hydrogen-bond acceptors (Lipinski definition) is 1. The SMILES string of the molecule is CCC(CCO)(C1=CC=CC1)C1CCC2C=CC=CC21. The summed E-state index contributed by atoms with van der Waals surface area (Å²) < 4.78 is 0. The largest absolute Gasteiger partial charge is 0.396 e. The lowest BCUT2D eigenvalue weighted by Crippen LogP contribution is -2.36. The molecule has 0 radical (unpaired) electrons. The number of fused-ring (bicyclic) bond motifs is 1. The van der Waals surface area contributed by atoms with E-state index in [-0.39, 0.29) is 5.41 Å². The predicted molar refractivity (Wildman–Crippen MR) is 84.3 cm³/mol. The molecule has 0 aromatic rings. The highest BCUT2D eigenvalue weighted by molar-refractivity contribution is 5.32. The Morgan fingerprint density at radius 2 is 2.05 bits per heavy atom. The first-order valence-electron chi connectivity index (χ1n) is 8.14. The van der Waals surface area contributed by atoms with Crippen molar-refractivity contribution >= 4 is 0 Å². The maximum Gasteiger partial charge on any atom is 0.0439 e. The molecule has 0 saturated heterocycles. The molecule has 1 fully saturated rings. The Labute approximate surface area is 122 Å². The molecule has 1 nitrogen and oxygen atoms in total. The molecule has 3 aliphatic rings. The van der Waals surface area contributed by atoms with E-state index >= 15 is 0 Å². The van der Waals surface area contributed by atoms with Gasteiger partial charge in [0.2, 0.25) is 0 Å². The summed E-state index contributed by atoms with van der Waals surface area (Å²) in [5.74, 6) is 2.09. The third-order valence-corrected chi connectivity index (χ3v) is 5.88. The second-order valence-corrected chi connectivity index (χ2v) is 6.50. The smallest absolute Gasteiger partial charge is 0.0439 e. The normalized spacial score (nSPS) is 34.1. The number of hydrogen-bond donors (Lipinski definition) is 1. The lowest BCUT2D eigenvalue weighted by molar-refractivity contribution is 0.116. The van der Waals surface area contributed by atoms with Crippen LogP contribution in [0.25, 0.3) is 0 Å². The standard InChI is InChI=1S/C19H26O/c1-2-19(13-14-20,16-8-4-5-9-16)18-12-11-15-7-3-6-10-17(15)18/h3-8,10,15,17-18,20H,2,9,11-14H2,1H3. The van der Waals surface area contributed by atoms with Gasteiger partial charge in [-0.25, -0.2) is 0 Å². The van der Waals surface area contributed by atoms with Gasteiger partial charge in [0.15, 0.2) is 0 Å². The molecule has 4 unspecified atom stereocenters. The topological polar surface area (TPSA) is 20.2 Å². The van der Waals surface area contributed by atoms with Crippen LogP contribution in [-0.4, -0.2) is 11.7 Å². The Morgan fingerprint density at radius 3 is 2.75 bits per heavy atom. The number of allylic oxidation sites excluding steroid dienone is 8. The molecule has 0 spiro atoms. The van der Waals surface area contributed by atoms with Crippen LogP contribution in [-0.2, 0) is 0 Å². The molecule has 3 rings (SSSR count). The van der Waals surface area contributed by atoms with Crippen LogP contribution >= 0.6 is 0 Å². The molecule has 0 bridgehead atoms. The van der Waals surface area contributed by atoms with Crippen LogP contribution in [0.3, 0.4) is 0 Å². The number of aliphatic hydroxyl groups is 1. The zero-order valence-corrected chi connectivity index (χ0v) is 12.5. The summed E-state index contributed by atoms with van der Waals surface area (Å²) >= 11 is 0. The van der Waals surface area contributed by atoms with E-state index in [9.17, 15) is 5.11 Å². The van der Waals surface area contributed by atoms with Crippen molar-refractivity contribution in [3.8, 4) is 0 Å². The minimum absolute atomic E-state index is 0.202. The van der Waals surface area contributed by atoms with Gasteiger partial charge in [-0.1, -0.05) is 55.0 Å². The van der Waals surface area contributed by atoms with Crippen molar-refractivity contribution in [3.63, 3.8) is 0 Å². The van der Waals surface area contributed by atoms with Crippen molar-refractivity contribution < 1.29 is 5.11 Å². The van der Waals surface area contributed by atoms with Gasteiger partial charge in [0.1, 0.15) is 0 Å². The van der Waals surface area contributed by atoms with Crippen LogP contribution in [0, 0.1) is 23.2 Å². The molecule has 1 heteroatoms. The quantitative estimate of drug-likeness (QED) is 0.784. The molecule has 108 valence electrons. The summed E-state index contributed by atoms with van der Waals surface area (Å²) in [5, 5.41) is 9.67. The summed E-state index contributed by atoms with van der Waals surface area (Å²) in [5.41, 5.74) is 1.76. The highest BCUT2D eigenvalue weighted by atomic mass is 16.3. The minimum Gasteiger partial charge on any atom is -0.396 e. The highest BCUT2D eigenvalue weighted by Crippen LogP contribution is 2.56. The average molecular weight is 270 g/mol. The van der Waals surface area contributed by atoms with E-state index in [4.69, 9.17) is 0 Å². The van der Waals surface area contributed by atoms with Gasteiger partial charge in [-0.15, -0.1) is 0 Å². The Hall–Kier alpha value is -1.08. The molecule has 3 aliphatic carbocycles. The van der Waals surface area contributed by atoms with Gasteiger partial charge in [-0.2, -0.15) is 0 Å². The van der Waals surface area contributed by atoms with Crippen molar-refractivity contribution in [2.24, 2.45) is 23.2 Å². The average Bonchev–Trinajstić information content (AvgIpc) is 3.15. The molecule has 20 heavy (non-hydrogen) atoms. The van der Waals surface area contributed by atoms with E-state index in [1.54, 1.807) is 5.57 Å². The molecule has 0 aliphatic heterocycles.